The first-order chi connectivity index (χ1) is 18.1. The van der Waals surface area contributed by atoms with E-state index in [0.717, 1.165) is 16.3 Å². The van der Waals surface area contributed by atoms with Gasteiger partial charge < -0.3 is 21.3 Å². The molecule has 38 heavy (non-hydrogen) atoms. The fourth-order valence-electron chi connectivity index (χ4n) is 4.49. The van der Waals surface area contributed by atoms with Gasteiger partial charge in [0.25, 0.3) is 11.7 Å². The van der Waals surface area contributed by atoms with Crippen molar-refractivity contribution in [2.24, 2.45) is 11.1 Å². The summed E-state index contributed by atoms with van der Waals surface area (Å²) in [5, 5.41) is 7.70. The molecule has 2 atom stereocenters. The second-order valence-corrected chi connectivity index (χ2v) is 10.4. The van der Waals surface area contributed by atoms with Gasteiger partial charge in [-0.2, -0.15) is 0 Å². The smallest absolute Gasteiger partial charge is 0.298 e. The molecule has 2 aromatic carbocycles. The van der Waals surface area contributed by atoms with Crippen LogP contribution in [0.2, 0.25) is 0 Å². The molecular weight excluding hydrogens is 484 g/mol. The van der Waals surface area contributed by atoms with Gasteiger partial charge in [0.15, 0.2) is 0 Å². The minimum absolute atomic E-state index is 0.195. The van der Waals surface area contributed by atoms with E-state index in [4.69, 9.17) is 5.73 Å². The molecule has 1 fully saturated rings. The number of rotatable bonds is 12. The molecule has 0 unspecified atom stereocenters. The molecule has 0 bridgehead atoms. The van der Waals surface area contributed by atoms with E-state index in [0.29, 0.717) is 38.8 Å². The van der Waals surface area contributed by atoms with Gasteiger partial charge in [-0.3, -0.25) is 24.0 Å². The van der Waals surface area contributed by atoms with Gasteiger partial charge in [0, 0.05) is 24.9 Å². The highest BCUT2D eigenvalue weighted by Gasteiger charge is 2.42. The first-order valence-corrected chi connectivity index (χ1v) is 13.2. The molecule has 1 aliphatic heterocycles. The molecule has 2 aromatic rings. The molecule has 0 radical (unpaired) electrons. The van der Waals surface area contributed by atoms with Crippen LogP contribution in [0.15, 0.2) is 42.5 Å². The molecule has 0 aliphatic carbocycles. The average Bonchev–Trinajstić information content (AvgIpc) is 3.41. The number of nitrogens with one attached hydrogen (secondary N) is 2. The van der Waals surface area contributed by atoms with Crippen molar-refractivity contribution in [1.29, 1.82) is 0 Å². The Morgan fingerprint density at radius 1 is 1.08 bits per heavy atom. The zero-order chi connectivity index (χ0) is 27.9. The molecule has 9 heteroatoms. The summed E-state index contributed by atoms with van der Waals surface area (Å²) in [5.41, 5.74) is 5.45. The number of hydrogen-bond acceptors (Lipinski definition) is 6. The largest absolute Gasteiger partial charge is 0.354 e. The SMILES string of the molecule is CCC(C)(C)C(=O)C(=O)C(=O)N1CCC[C@H]1C(=O)N[C@H](Cc1ccc2ccccc2c1)C(=O)NCCCN. The van der Waals surface area contributed by atoms with Crippen LogP contribution in [-0.2, 0) is 30.4 Å². The molecule has 0 spiro atoms. The summed E-state index contributed by atoms with van der Waals surface area (Å²) in [5.74, 6) is -3.71. The van der Waals surface area contributed by atoms with Crippen molar-refractivity contribution in [3.05, 3.63) is 48.0 Å². The van der Waals surface area contributed by atoms with E-state index >= 15 is 0 Å². The maximum absolute atomic E-state index is 13.4. The third-order valence-electron chi connectivity index (χ3n) is 7.28. The number of fused-ring (bicyclic) bond motifs is 1. The Hall–Kier alpha value is -3.59. The highest BCUT2D eigenvalue weighted by molar-refractivity contribution is 6.64. The van der Waals surface area contributed by atoms with Crippen LogP contribution < -0.4 is 16.4 Å². The number of carbonyl (C=O) groups is 5. The maximum Gasteiger partial charge on any atom is 0.298 e. The summed E-state index contributed by atoms with van der Waals surface area (Å²) in [6.45, 7) is 6.00. The van der Waals surface area contributed by atoms with Crippen molar-refractivity contribution in [2.45, 2.75) is 65.0 Å². The van der Waals surface area contributed by atoms with Crippen LogP contribution in [0.3, 0.4) is 0 Å². The predicted octanol–water partition coefficient (Wildman–Crippen LogP) is 1.90. The number of hydrogen-bond donors (Lipinski definition) is 3. The average molecular weight is 523 g/mol. The van der Waals surface area contributed by atoms with Gasteiger partial charge in [0.2, 0.25) is 17.6 Å². The minimum atomic E-state index is -1.11. The van der Waals surface area contributed by atoms with Gasteiger partial charge in [-0.25, -0.2) is 0 Å². The molecule has 4 N–H and O–H groups in total. The monoisotopic (exact) mass is 522 g/mol. The Balaban J connectivity index is 1.77. The van der Waals surface area contributed by atoms with Crippen molar-refractivity contribution in [3.8, 4) is 0 Å². The van der Waals surface area contributed by atoms with E-state index in [2.05, 4.69) is 10.6 Å². The van der Waals surface area contributed by atoms with E-state index in [1.807, 2.05) is 42.5 Å². The Bertz CT molecular complexity index is 1210. The van der Waals surface area contributed by atoms with Crippen LogP contribution in [0.25, 0.3) is 10.8 Å². The fraction of sp³-hybridized carbons (Fsp3) is 0.483. The summed E-state index contributed by atoms with van der Waals surface area (Å²) in [4.78, 5) is 65.8. The molecule has 1 aliphatic rings. The lowest BCUT2D eigenvalue weighted by atomic mass is 9.83. The van der Waals surface area contributed by atoms with Crippen LogP contribution in [-0.4, -0.2) is 65.9 Å². The highest BCUT2D eigenvalue weighted by Crippen LogP contribution is 2.24. The highest BCUT2D eigenvalue weighted by atomic mass is 16.2. The quantitative estimate of drug-likeness (QED) is 0.221. The van der Waals surface area contributed by atoms with E-state index in [1.165, 1.54) is 4.90 Å². The van der Waals surface area contributed by atoms with E-state index in [-0.39, 0.29) is 18.9 Å². The Labute approximate surface area is 223 Å². The third kappa shape index (κ3) is 6.83. The molecule has 9 nitrogen and oxygen atoms in total. The van der Waals surface area contributed by atoms with E-state index < -0.39 is 40.9 Å². The Kier molecular flexibility index (Phi) is 9.74. The Morgan fingerprint density at radius 3 is 2.47 bits per heavy atom. The molecule has 0 saturated carbocycles. The van der Waals surface area contributed by atoms with E-state index in [1.54, 1.807) is 20.8 Å². The van der Waals surface area contributed by atoms with Gasteiger partial charge in [0.1, 0.15) is 12.1 Å². The van der Waals surface area contributed by atoms with Crippen molar-refractivity contribution in [2.75, 3.05) is 19.6 Å². The molecule has 0 aromatic heterocycles. The van der Waals surface area contributed by atoms with Gasteiger partial charge >= 0.3 is 0 Å². The number of ketones is 2. The van der Waals surface area contributed by atoms with Crippen molar-refractivity contribution in [3.63, 3.8) is 0 Å². The van der Waals surface area contributed by atoms with Crippen molar-refractivity contribution < 1.29 is 24.0 Å². The summed E-state index contributed by atoms with van der Waals surface area (Å²) < 4.78 is 0. The summed E-state index contributed by atoms with van der Waals surface area (Å²) in [6.07, 6.45) is 2.10. The lowest BCUT2D eigenvalue weighted by Crippen LogP contribution is -2.55. The standard InChI is InChI=1S/C29H38N4O5/c1-4-29(2,3)25(35)24(34)28(38)33-16-7-11-23(33)27(37)32-22(26(36)31-15-8-14-30)18-19-12-13-20-9-5-6-10-21(20)17-19/h5-6,9-10,12-13,17,22-23H,4,7-8,11,14-16,18,30H2,1-3H3,(H,31,36)(H,32,37)/t22-,23+/m1/s1. The fourth-order valence-corrected chi connectivity index (χ4v) is 4.49. The molecule has 3 amide bonds. The number of likely N-dealkylation sites (tertiary alicyclic amines) is 1. The van der Waals surface area contributed by atoms with Gasteiger partial charge in [0.05, 0.1) is 0 Å². The number of nitrogens with zero attached hydrogens (tertiary/aromatic N) is 1. The number of benzene rings is 2. The summed E-state index contributed by atoms with van der Waals surface area (Å²) >= 11 is 0. The number of carbonyl (C=O) groups excluding carboxylic acids is 5. The number of nitrogens with two attached hydrogens (primary N) is 1. The molecule has 1 saturated heterocycles. The number of Topliss-reactive ketones (excluding diaryl/α,β-unsaturated/α-hetero) is 2. The normalized spacial score (nSPS) is 16.2. The zero-order valence-corrected chi connectivity index (χ0v) is 22.4. The summed E-state index contributed by atoms with van der Waals surface area (Å²) in [6, 6.07) is 11.9. The molecule has 1 heterocycles. The summed E-state index contributed by atoms with van der Waals surface area (Å²) in [7, 11) is 0. The third-order valence-corrected chi connectivity index (χ3v) is 7.28. The first kappa shape index (κ1) is 29.0. The molecule has 3 rings (SSSR count). The Morgan fingerprint density at radius 2 is 1.79 bits per heavy atom. The zero-order valence-electron chi connectivity index (χ0n) is 22.4. The van der Waals surface area contributed by atoms with Crippen LogP contribution >= 0.6 is 0 Å². The molecule has 204 valence electrons. The van der Waals surface area contributed by atoms with Crippen molar-refractivity contribution in [1.82, 2.24) is 15.5 Å². The van der Waals surface area contributed by atoms with Crippen LogP contribution in [0, 0.1) is 5.41 Å². The number of amides is 3. The van der Waals surface area contributed by atoms with Gasteiger partial charge in [-0.1, -0.05) is 63.2 Å². The van der Waals surface area contributed by atoms with Crippen LogP contribution in [0.4, 0.5) is 0 Å². The maximum atomic E-state index is 13.4. The second-order valence-electron chi connectivity index (χ2n) is 10.4. The topological polar surface area (TPSA) is 139 Å². The van der Waals surface area contributed by atoms with Gasteiger partial charge in [-0.15, -0.1) is 0 Å². The minimum Gasteiger partial charge on any atom is -0.354 e. The van der Waals surface area contributed by atoms with Crippen molar-refractivity contribution >= 4 is 40.1 Å². The van der Waals surface area contributed by atoms with Gasteiger partial charge in [-0.05, 0) is 48.6 Å². The van der Waals surface area contributed by atoms with Crippen LogP contribution in [0.1, 0.15) is 52.0 Å². The second kappa shape index (κ2) is 12.8. The predicted molar refractivity (Wildman–Crippen MR) is 145 cm³/mol. The van der Waals surface area contributed by atoms with Crippen LogP contribution in [0.5, 0.6) is 0 Å². The lowest BCUT2D eigenvalue weighted by molar-refractivity contribution is -0.153. The van der Waals surface area contributed by atoms with E-state index in [9.17, 15) is 24.0 Å². The lowest BCUT2D eigenvalue weighted by Gasteiger charge is -2.27. The molecular formula is C29H38N4O5. The first-order valence-electron chi connectivity index (χ1n) is 13.2.